The molecule has 2 unspecified atom stereocenters. The summed E-state index contributed by atoms with van der Waals surface area (Å²) in [6.45, 7) is 5.94. The van der Waals surface area contributed by atoms with Gasteiger partial charge in [-0.25, -0.2) is 0 Å². The highest BCUT2D eigenvalue weighted by Crippen LogP contribution is 2.30. The molecule has 2 saturated heterocycles. The van der Waals surface area contributed by atoms with E-state index in [9.17, 15) is 5.11 Å². The average Bonchev–Trinajstić information content (AvgIpc) is 2.96. The Kier molecular flexibility index (Phi) is 5.89. The van der Waals surface area contributed by atoms with Gasteiger partial charge in [-0.2, -0.15) is 0 Å². The van der Waals surface area contributed by atoms with Gasteiger partial charge in [-0.3, -0.25) is 9.80 Å². The summed E-state index contributed by atoms with van der Waals surface area (Å²) in [5, 5.41) is 10.5. The highest BCUT2D eigenvalue weighted by Gasteiger charge is 2.27. The normalized spacial score (nSPS) is 26.7. The van der Waals surface area contributed by atoms with E-state index in [4.69, 9.17) is 9.15 Å². The van der Waals surface area contributed by atoms with Crippen molar-refractivity contribution in [3.8, 4) is 0 Å². The van der Waals surface area contributed by atoms with Gasteiger partial charge in [0.25, 0.3) is 0 Å². The fraction of sp³-hybridized carbons (Fsp3) is 0.765. The van der Waals surface area contributed by atoms with Crippen LogP contribution >= 0.6 is 0 Å². The zero-order chi connectivity index (χ0) is 15.2. The third-order valence-electron chi connectivity index (χ3n) is 4.75. The van der Waals surface area contributed by atoms with E-state index in [2.05, 4.69) is 15.9 Å². The molecule has 0 saturated carbocycles. The third-order valence-corrected chi connectivity index (χ3v) is 4.75. The van der Waals surface area contributed by atoms with Gasteiger partial charge in [-0.1, -0.05) is 12.8 Å². The van der Waals surface area contributed by atoms with Crippen LogP contribution in [0.5, 0.6) is 0 Å². The number of hydrogen-bond donors (Lipinski definition) is 1. The van der Waals surface area contributed by atoms with E-state index in [0.717, 1.165) is 58.1 Å². The molecule has 124 valence electrons. The molecule has 2 atom stereocenters. The molecule has 1 aromatic rings. The van der Waals surface area contributed by atoms with Gasteiger partial charge < -0.3 is 14.3 Å². The van der Waals surface area contributed by atoms with E-state index in [1.165, 1.54) is 19.3 Å². The van der Waals surface area contributed by atoms with Crippen LogP contribution in [0.2, 0.25) is 0 Å². The Morgan fingerprint density at radius 2 is 2.00 bits per heavy atom. The molecule has 5 heteroatoms. The first-order chi connectivity index (χ1) is 10.8. The number of aliphatic hydroxyl groups is 1. The molecular formula is C17H28N2O3. The summed E-state index contributed by atoms with van der Waals surface area (Å²) in [6.07, 6.45) is 6.28. The molecule has 0 amide bonds. The van der Waals surface area contributed by atoms with E-state index < -0.39 is 0 Å². The Morgan fingerprint density at radius 1 is 1.14 bits per heavy atom. The van der Waals surface area contributed by atoms with Crippen LogP contribution in [0.15, 0.2) is 22.8 Å². The molecular weight excluding hydrogens is 280 g/mol. The van der Waals surface area contributed by atoms with Gasteiger partial charge >= 0.3 is 0 Å². The largest absolute Gasteiger partial charge is 0.468 e. The number of morpholine rings is 1. The molecule has 5 nitrogen and oxygen atoms in total. The van der Waals surface area contributed by atoms with Crippen LogP contribution in [-0.4, -0.2) is 66.9 Å². The molecule has 0 aromatic carbocycles. The minimum absolute atomic E-state index is 0.311. The Hall–Kier alpha value is -0.880. The lowest BCUT2D eigenvalue weighted by Gasteiger charge is -2.33. The van der Waals surface area contributed by atoms with Crippen molar-refractivity contribution < 1.29 is 14.3 Å². The lowest BCUT2D eigenvalue weighted by atomic mass is 10.1. The number of likely N-dealkylation sites (tertiary alicyclic amines) is 1. The average molecular weight is 308 g/mol. The molecule has 3 rings (SSSR count). The fourth-order valence-corrected chi connectivity index (χ4v) is 3.60. The standard InChI is InChI=1S/C17H28N2O3/c20-15(13-18-8-11-21-12-9-18)14-19-7-3-1-2-5-16(19)17-6-4-10-22-17/h4,6,10,15-16,20H,1-3,5,7-9,11-14H2. The first-order valence-corrected chi connectivity index (χ1v) is 8.58. The molecule has 0 spiro atoms. The first-order valence-electron chi connectivity index (χ1n) is 8.58. The second-order valence-corrected chi connectivity index (χ2v) is 6.44. The van der Waals surface area contributed by atoms with Crippen LogP contribution in [0.1, 0.15) is 37.5 Å². The van der Waals surface area contributed by atoms with Crippen molar-refractivity contribution >= 4 is 0 Å². The van der Waals surface area contributed by atoms with Crippen LogP contribution in [-0.2, 0) is 4.74 Å². The summed E-state index contributed by atoms with van der Waals surface area (Å²) < 4.78 is 11.0. The van der Waals surface area contributed by atoms with Crippen molar-refractivity contribution in [1.82, 2.24) is 9.80 Å². The SMILES string of the molecule is OC(CN1CCOCC1)CN1CCCCCC1c1ccco1. The summed E-state index contributed by atoms with van der Waals surface area (Å²) in [5.41, 5.74) is 0. The number of rotatable bonds is 5. The van der Waals surface area contributed by atoms with Gasteiger partial charge in [0.05, 0.1) is 31.6 Å². The maximum Gasteiger partial charge on any atom is 0.120 e. The quantitative estimate of drug-likeness (QED) is 0.900. The van der Waals surface area contributed by atoms with Gasteiger partial charge in [0, 0.05) is 26.2 Å². The maximum absolute atomic E-state index is 10.5. The first kappa shape index (κ1) is 16.0. The van der Waals surface area contributed by atoms with Gasteiger partial charge in [-0.15, -0.1) is 0 Å². The summed E-state index contributed by atoms with van der Waals surface area (Å²) >= 11 is 0. The van der Waals surface area contributed by atoms with E-state index >= 15 is 0 Å². The van der Waals surface area contributed by atoms with Crippen molar-refractivity contribution in [2.24, 2.45) is 0 Å². The molecule has 0 aliphatic carbocycles. The number of furan rings is 1. The van der Waals surface area contributed by atoms with Crippen molar-refractivity contribution in [1.29, 1.82) is 0 Å². The highest BCUT2D eigenvalue weighted by molar-refractivity contribution is 5.05. The van der Waals surface area contributed by atoms with E-state index in [0.29, 0.717) is 6.04 Å². The van der Waals surface area contributed by atoms with E-state index in [1.807, 2.05) is 6.07 Å². The van der Waals surface area contributed by atoms with Gasteiger partial charge in [0.15, 0.2) is 0 Å². The lowest BCUT2D eigenvalue weighted by molar-refractivity contribution is 0.00211. The minimum Gasteiger partial charge on any atom is -0.468 e. The van der Waals surface area contributed by atoms with Crippen LogP contribution in [0.25, 0.3) is 0 Å². The predicted molar refractivity (Wildman–Crippen MR) is 84.8 cm³/mol. The Bertz CT molecular complexity index is 418. The fourth-order valence-electron chi connectivity index (χ4n) is 3.60. The topological polar surface area (TPSA) is 49.1 Å². The number of hydrogen-bond acceptors (Lipinski definition) is 5. The molecule has 2 fully saturated rings. The summed E-state index contributed by atoms with van der Waals surface area (Å²) in [7, 11) is 0. The number of nitrogens with zero attached hydrogens (tertiary/aromatic N) is 2. The molecule has 1 aromatic heterocycles. The maximum atomic E-state index is 10.5. The van der Waals surface area contributed by atoms with Crippen LogP contribution in [0, 0.1) is 0 Å². The lowest BCUT2D eigenvalue weighted by Crippen LogP contribution is -2.45. The molecule has 2 aliphatic heterocycles. The van der Waals surface area contributed by atoms with Gasteiger partial charge in [0.2, 0.25) is 0 Å². The second-order valence-electron chi connectivity index (χ2n) is 6.44. The van der Waals surface area contributed by atoms with Crippen molar-refractivity contribution in [3.05, 3.63) is 24.2 Å². The number of β-amino-alcohol motifs (C(OH)–C–C–N with tert-alkyl or cyclic N) is 1. The van der Waals surface area contributed by atoms with Gasteiger partial charge in [0.1, 0.15) is 5.76 Å². The summed E-state index contributed by atoms with van der Waals surface area (Å²) in [6, 6.07) is 4.34. The molecule has 1 N–H and O–H groups in total. The Labute approximate surface area is 132 Å². The van der Waals surface area contributed by atoms with Crippen LogP contribution in [0.4, 0.5) is 0 Å². The Morgan fingerprint density at radius 3 is 2.77 bits per heavy atom. The summed E-state index contributed by atoms with van der Waals surface area (Å²) in [4.78, 5) is 4.71. The van der Waals surface area contributed by atoms with E-state index in [-0.39, 0.29) is 6.10 Å². The molecule has 0 radical (unpaired) electrons. The molecule has 2 aliphatic rings. The third kappa shape index (κ3) is 4.32. The zero-order valence-electron chi connectivity index (χ0n) is 13.3. The monoisotopic (exact) mass is 308 g/mol. The predicted octanol–water partition coefficient (Wildman–Crippen LogP) is 1.89. The van der Waals surface area contributed by atoms with Crippen molar-refractivity contribution in [2.45, 2.75) is 37.8 Å². The smallest absolute Gasteiger partial charge is 0.120 e. The second kappa shape index (κ2) is 8.11. The number of ether oxygens (including phenoxy) is 1. The zero-order valence-corrected chi connectivity index (χ0v) is 13.3. The molecule has 3 heterocycles. The van der Waals surface area contributed by atoms with E-state index in [1.54, 1.807) is 6.26 Å². The number of aliphatic hydroxyl groups excluding tert-OH is 1. The molecule has 0 bridgehead atoms. The Balaban J connectivity index is 1.57. The van der Waals surface area contributed by atoms with Gasteiger partial charge in [-0.05, 0) is 31.5 Å². The highest BCUT2D eigenvalue weighted by atomic mass is 16.5. The minimum atomic E-state index is -0.311. The summed E-state index contributed by atoms with van der Waals surface area (Å²) in [5.74, 6) is 1.04. The van der Waals surface area contributed by atoms with Crippen molar-refractivity contribution in [3.63, 3.8) is 0 Å². The molecule has 22 heavy (non-hydrogen) atoms. The van der Waals surface area contributed by atoms with Crippen LogP contribution < -0.4 is 0 Å². The van der Waals surface area contributed by atoms with Crippen LogP contribution in [0.3, 0.4) is 0 Å². The van der Waals surface area contributed by atoms with Crippen molar-refractivity contribution in [2.75, 3.05) is 45.9 Å².